The molecule has 69 valence electrons. The molecule has 0 N–H and O–H groups in total. The second-order valence-corrected chi connectivity index (χ2v) is 3.25. The Kier molecular flexibility index (Phi) is 2.46. The monoisotopic (exact) mass is 203 g/mol. The van der Waals surface area contributed by atoms with Crippen molar-refractivity contribution in [1.29, 1.82) is 0 Å². The second kappa shape index (κ2) is 3.76. The van der Waals surface area contributed by atoms with Gasteiger partial charge in [-0.25, -0.2) is 4.98 Å². The van der Waals surface area contributed by atoms with Crippen LogP contribution >= 0.6 is 11.6 Å². The summed E-state index contributed by atoms with van der Waals surface area (Å²) in [5.74, 6) is 0. The first-order chi connectivity index (χ1) is 6.77. The van der Waals surface area contributed by atoms with Crippen molar-refractivity contribution in [2.75, 3.05) is 0 Å². The highest BCUT2D eigenvalue weighted by molar-refractivity contribution is 6.31. The van der Waals surface area contributed by atoms with Crippen molar-refractivity contribution in [1.82, 2.24) is 9.97 Å². The number of hydrogen-bond acceptors (Lipinski definition) is 2. The summed E-state index contributed by atoms with van der Waals surface area (Å²) in [6, 6.07) is 7.69. The zero-order valence-electron chi connectivity index (χ0n) is 7.44. The molecule has 0 spiro atoms. The first-order valence-electron chi connectivity index (χ1n) is 4.16. The lowest BCUT2D eigenvalue weighted by Gasteiger charge is -2.01. The lowest BCUT2D eigenvalue weighted by molar-refractivity contribution is 1.21. The minimum atomic E-state index is 0.421. The van der Waals surface area contributed by atoms with Crippen molar-refractivity contribution >= 4 is 11.6 Å². The van der Waals surface area contributed by atoms with Crippen molar-refractivity contribution in [3.8, 4) is 11.3 Å². The fourth-order valence-electron chi connectivity index (χ4n) is 1.18. The lowest BCUT2D eigenvalue weighted by Crippen LogP contribution is -1.86. The molecule has 1 aromatic heterocycles. The predicted molar refractivity (Wildman–Crippen MR) is 56.9 cm³/mol. The van der Waals surface area contributed by atoms with Crippen LogP contribution in [0.3, 0.4) is 0 Å². The highest BCUT2D eigenvalue weighted by Crippen LogP contribution is 2.22. The molecular formula is C11H8ClN2. The zero-order valence-corrected chi connectivity index (χ0v) is 8.20. The Morgan fingerprint density at radius 1 is 1.00 bits per heavy atom. The third kappa shape index (κ3) is 1.75. The molecule has 0 aliphatic rings. The van der Waals surface area contributed by atoms with E-state index in [4.69, 9.17) is 11.6 Å². The number of halogens is 1. The Bertz CT molecular complexity index is 437. The van der Waals surface area contributed by atoms with Crippen molar-refractivity contribution in [2.45, 2.75) is 0 Å². The molecule has 2 rings (SSSR count). The Balaban J connectivity index is 2.50. The van der Waals surface area contributed by atoms with Crippen LogP contribution in [-0.2, 0) is 0 Å². The maximum atomic E-state index is 5.91. The Hall–Kier alpha value is -1.41. The van der Waals surface area contributed by atoms with Gasteiger partial charge in [-0.15, -0.1) is 0 Å². The smallest absolute Gasteiger partial charge is 0.155 e. The van der Waals surface area contributed by atoms with Crippen LogP contribution in [0.1, 0.15) is 5.56 Å². The molecule has 0 amide bonds. The molecule has 0 saturated carbocycles. The lowest BCUT2D eigenvalue weighted by atomic mass is 10.1. The van der Waals surface area contributed by atoms with Gasteiger partial charge in [0.25, 0.3) is 0 Å². The Morgan fingerprint density at radius 3 is 2.29 bits per heavy atom. The molecule has 0 aliphatic carbocycles. The van der Waals surface area contributed by atoms with E-state index in [-0.39, 0.29) is 0 Å². The van der Waals surface area contributed by atoms with Crippen LogP contribution in [-0.4, -0.2) is 9.97 Å². The molecule has 0 atom stereocenters. The summed E-state index contributed by atoms with van der Waals surface area (Å²) >= 11 is 5.91. The van der Waals surface area contributed by atoms with E-state index in [0.717, 1.165) is 11.1 Å². The van der Waals surface area contributed by atoms with E-state index in [1.54, 1.807) is 12.4 Å². The molecule has 2 aromatic rings. The topological polar surface area (TPSA) is 25.8 Å². The fourth-order valence-corrected chi connectivity index (χ4v) is 1.39. The van der Waals surface area contributed by atoms with Gasteiger partial charge in [-0.3, -0.25) is 4.98 Å². The highest BCUT2D eigenvalue weighted by Gasteiger charge is 2.03. The first kappa shape index (κ1) is 9.16. The van der Waals surface area contributed by atoms with Crippen molar-refractivity contribution < 1.29 is 0 Å². The number of hydrogen-bond donors (Lipinski definition) is 0. The molecule has 14 heavy (non-hydrogen) atoms. The maximum absolute atomic E-state index is 5.91. The third-order valence-electron chi connectivity index (χ3n) is 1.88. The largest absolute Gasteiger partial charge is 0.251 e. The molecule has 2 nitrogen and oxygen atoms in total. The summed E-state index contributed by atoms with van der Waals surface area (Å²) in [6.45, 7) is 3.81. The summed E-state index contributed by atoms with van der Waals surface area (Å²) in [4.78, 5) is 8.13. The van der Waals surface area contributed by atoms with E-state index >= 15 is 0 Å². The van der Waals surface area contributed by atoms with Gasteiger partial charge in [0.05, 0.1) is 0 Å². The van der Waals surface area contributed by atoms with Crippen molar-refractivity contribution in [3.05, 3.63) is 54.3 Å². The summed E-state index contributed by atoms with van der Waals surface area (Å²) in [5, 5.41) is 0.421. The van der Waals surface area contributed by atoms with Crippen LogP contribution in [0, 0.1) is 6.92 Å². The zero-order chi connectivity index (χ0) is 9.97. The van der Waals surface area contributed by atoms with E-state index in [2.05, 4.69) is 16.9 Å². The summed E-state index contributed by atoms with van der Waals surface area (Å²) in [7, 11) is 0. The van der Waals surface area contributed by atoms with Crippen LogP contribution in [0.25, 0.3) is 11.3 Å². The maximum Gasteiger partial charge on any atom is 0.155 e. The van der Waals surface area contributed by atoms with Gasteiger partial charge >= 0.3 is 0 Å². The summed E-state index contributed by atoms with van der Waals surface area (Å²) in [6.07, 6.45) is 3.20. The standard InChI is InChI=1S/C11H8ClN2/c1-8-2-4-9(5-3-8)10-11(12)14-7-6-13-10/h2-7H,1H2. The molecule has 1 aromatic carbocycles. The molecule has 1 radical (unpaired) electrons. The van der Waals surface area contributed by atoms with E-state index in [0.29, 0.717) is 10.8 Å². The normalized spacial score (nSPS) is 10.1. The van der Waals surface area contributed by atoms with Crippen molar-refractivity contribution in [2.24, 2.45) is 0 Å². The molecule has 3 heteroatoms. The quantitative estimate of drug-likeness (QED) is 0.712. The molecule has 0 fully saturated rings. The van der Waals surface area contributed by atoms with E-state index in [1.807, 2.05) is 24.3 Å². The number of aromatic nitrogens is 2. The van der Waals surface area contributed by atoms with Crippen molar-refractivity contribution in [3.63, 3.8) is 0 Å². The number of nitrogens with zero attached hydrogens (tertiary/aromatic N) is 2. The van der Waals surface area contributed by atoms with Gasteiger partial charge in [0, 0.05) is 18.0 Å². The second-order valence-electron chi connectivity index (χ2n) is 2.89. The Morgan fingerprint density at radius 2 is 1.64 bits per heavy atom. The SMILES string of the molecule is [CH2]c1ccc(-c2nccnc2Cl)cc1. The van der Waals surface area contributed by atoms with Crippen LogP contribution in [0.4, 0.5) is 0 Å². The van der Waals surface area contributed by atoms with E-state index in [1.165, 1.54) is 0 Å². The van der Waals surface area contributed by atoms with Gasteiger partial charge in [0.15, 0.2) is 5.15 Å². The minimum absolute atomic E-state index is 0.421. The van der Waals surface area contributed by atoms with Crippen LogP contribution in [0.5, 0.6) is 0 Å². The predicted octanol–water partition coefficient (Wildman–Crippen LogP) is 2.98. The number of rotatable bonds is 1. The van der Waals surface area contributed by atoms with Gasteiger partial charge in [0.1, 0.15) is 5.69 Å². The molecule has 0 bridgehead atoms. The summed E-state index contributed by atoms with van der Waals surface area (Å²) in [5.41, 5.74) is 2.62. The van der Waals surface area contributed by atoms with Crippen LogP contribution in [0.2, 0.25) is 5.15 Å². The molecule has 1 heterocycles. The summed E-state index contributed by atoms with van der Waals surface area (Å²) < 4.78 is 0. The third-order valence-corrected chi connectivity index (χ3v) is 2.16. The molecule has 0 saturated heterocycles. The van der Waals surface area contributed by atoms with E-state index < -0.39 is 0 Å². The average molecular weight is 204 g/mol. The molecule has 0 unspecified atom stereocenters. The van der Waals surface area contributed by atoms with Gasteiger partial charge in [-0.1, -0.05) is 35.9 Å². The van der Waals surface area contributed by atoms with E-state index in [9.17, 15) is 0 Å². The van der Waals surface area contributed by atoms with Gasteiger partial charge < -0.3 is 0 Å². The molecule has 0 aliphatic heterocycles. The van der Waals surface area contributed by atoms with Gasteiger partial charge in [0.2, 0.25) is 0 Å². The van der Waals surface area contributed by atoms with Gasteiger partial charge in [-0.2, -0.15) is 0 Å². The number of benzene rings is 1. The fraction of sp³-hybridized carbons (Fsp3) is 0. The molecular weight excluding hydrogens is 196 g/mol. The Labute approximate surface area is 87.6 Å². The van der Waals surface area contributed by atoms with Crippen LogP contribution in [0.15, 0.2) is 36.7 Å². The highest BCUT2D eigenvalue weighted by atomic mass is 35.5. The van der Waals surface area contributed by atoms with Crippen LogP contribution < -0.4 is 0 Å². The van der Waals surface area contributed by atoms with Gasteiger partial charge in [-0.05, 0) is 12.5 Å². The minimum Gasteiger partial charge on any atom is -0.251 e. The average Bonchev–Trinajstić information content (AvgIpc) is 2.20. The first-order valence-corrected chi connectivity index (χ1v) is 4.54.